The first kappa shape index (κ1) is 10.4. The highest BCUT2D eigenvalue weighted by molar-refractivity contribution is 4.94. The molecule has 2 aliphatic heterocycles. The Labute approximate surface area is 87.4 Å². The lowest BCUT2D eigenvalue weighted by Gasteiger charge is -2.48. The minimum atomic E-state index is 0.150. The van der Waals surface area contributed by atoms with Gasteiger partial charge in [-0.15, -0.1) is 0 Å². The third kappa shape index (κ3) is 1.96. The number of ether oxygens (including phenoxy) is 1. The van der Waals surface area contributed by atoms with Crippen molar-refractivity contribution in [1.29, 1.82) is 0 Å². The molecular formula is C12H23NO. The minimum absolute atomic E-state index is 0.150. The van der Waals surface area contributed by atoms with Gasteiger partial charge >= 0.3 is 0 Å². The summed E-state index contributed by atoms with van der Waals surface area (Å²) in [7, 11) is 0. The lowest BCUT2D eigenvalue weighted by atomic mass is 9.68. The summed E-state index contributed by atoms with van der Waals surface area (Å²) in [5.41, 5.74) is 0.707. The van der Waals surface area contributed by atoms with Gasteiger partial charge in [-0.3, -0.25) is 0 Å². The van der Waals surface area contributed by atoms with Gasteiger partial charge in [0.05, 0.1) is 5.60 Å². The standard InChI is InChI=1S/C12H23NO/c1-3-11(2)9-12(6-8-14-11)5-4-7-13-10-12/h13H,3-10H2,1-2H3. The lowest BCUT2D eigenvalue weighted by molar-refractivity contribution is -0.122. The van der Waals surface area contributed by atoms with Gasteiger partial charge in [0, 0.05) is 13.2 Å². The molecule has 82 valence electrons. The highest BCUT2D eigenvalue weighted by atomic mass is 16.5. The lowest BCUT2D eigenvalue weighted by Crippen LogP contribution is -2.50. The Hall–Kier alpha value is -0.0800. The molecule has 2 fully saturated rings. The van der Waals surface area contributed by atoms with E-state index in [1.807, 2.05) is 0 Å². The molecule has 0 saturated carbocycles. The van der Waals surface area contributed by atoms with Crippen molar-refractivity contribution in [3.05, 3.63) is 0 Å². The molecule has 2 atom stereocenters. The summed E-state index contributed by atoms with van der Waals surface area (Å²) in [6, 6.07) is 0. The van der Waals surface area contributed by atoms with Gasteiger partial charge in [0.25, 0.3) is 0 Å². The van der Waals surface area contributed by atoms with Crippen LogP contribution in [0.4, 0.5) is 0 Å². The minimum Gasteiger partial charge on any atom is -0.375 e. The van der Waals surface area contributed by atoms with Gasteiger partial charge in [-0.2, -0.15) is 0 Å². The Bertz CT molecular complexity index is 193. The molecule has 0 radical (unpaired) electrons. The molecule has 2 nitrogen and oxygen atoms in total. The molecule has 1 N–H and O–H groups in total. The topological polar surface area (TPSA) is 21.3 Å². The zero-order chi connectivity index (χ0) is 10.1. The van der Waals surface area contributed by atoms with Gasteiger partial charge in [-0.25, -0.2) is 0 Å². The fraction of sp³-hybridized carbons (Fsp3) is 1.00. The normalized spacial score (nSPS) is 44.1. The zero-order valence-electron chi connectivity index (χ0n) is 9.57. The summed E-state index contributed by atoms with van der Waals surface area (Å²) < 4.78 is 5.91. The van der Waals surface area contributed by atoms with Gasteiger partial charge in [-0.1, -0.05) is 6.92 Å². The number of piperidine rings is 1. The Morgan fingerprint density at radius 1 is 1.36 bits per heavy atom. The van der Waals surface area contributed by atoms with Gasteiger partial charge < -0.3 is 10.1 Å². The maximum Gasteiger partial charge on any atom is 0.0657 e. The molecule has 0 bridgehead atoms. The maximum absolute atomic E-state index is 5.91. The molecule has 0 aromatic rings. The number of hydrogen-bond donors (Lipinski definition) is 1. The molecule has 0 aliphatic carbocycles. The predicted octanol–water partition coefficient (Wildman–Crippen LogP) is 2.34. The van der Waals surface area contributed by atoms with Crippen LogP contribution in [-0.2, 0) is 4.74 Å². The summed E-state index contributed by atoms with van der Waals surface area (Å²) >= 11 is 0. The molecule has 2 heteroatoms. The Morgan fingerprint density at radius 2 is 2.21 bits per heavy atom. The Morgan fingerprint density at radius 3 is 2.86 bits per heavy atom. The quantitative estimate of drug-likeness (QED) is 0.696. The molecule has 2 rings (SSSR count). The molecule has 0 aromatic heterocycles. The fourth-order valence-electron chi connectivity index (χ4n) is 3.07. The van der Waals surface area contributed by atoms with E-state index in [1.54, 1.807) is 0 Å². The van der Waals surface area contributed by atoms with Crippen molar-refractivity contribution in [2.45, 2.75) is 51.6 Å². The summed E-state index contributed by atoms with van der Waals surface area (Å²) in [4.78, 5) is 0. The van der Waals surface area contributed by atoms with Crippen LogP contribution in [-0.4, -0.2) is 25.3 Å². The van der Waals surface area contributed by atoms with Gasteiger partial charge in [0.15, 0.2) is 0 Å². The average molecular weight is 197 g/mol. The molecule has 14 heavy (non-hydrogen) atoms. The Kier molecular flexibility index (Phi) is 2.85. The van der Waals surface area contributed by atoms with E-state index in [-0.39, 0.29) is 5.60 Å². The van der Waals surface area contributed by atoms with Crippen LogP contribution in [0.15, 0.2) is 0 Å². The van der Waals surface area contributed by atoms with Crippen molar-refractivity contribution in [2.24, 2.45) is 5.41 Å². The van der Waals surface area contributed by atoms with E-state index in [9.17, 15) is 0 Å². The largest absolute Gasteiger partial charge is 0.375 e. The number of nitrogens with one attached hydrogen (secondary N) is 1. The van der Waals surface area contributed by atoms with Gasteiger partial charge in [0.2, 0.25) is 0 Å². The van der Waals surface area contributed by atoms with Crippen molar-refractivity contribution in [1.82, 2.24) is 5.32 Å². The summed E-state index contributed by atoms with van der Waals surface area (Å²) in [6.45, 7) is 7.92. The number of rotatable bonds is 1. The van der Waals surface area contributed by atoms with Crippen molar-refractivity contribution in [2.75, 3.05) is 19.7 Å². The molecule has 0 amide bonds. The second kappa shape index (κ2) is 3.82. The summed E-state index contributed by atoms with van der Waals surface area (Å²) in [5, 5.41) is 3.55. The molecule has 2 saturated heterocycles. The predicted molar refractivity (Wildman–Crippen MR) is 58.4 cm³/mol. The molecule has 0 aromatic carbocycles. The summed E-state index contributed by atoms with van der Waals surface area (Å²) in [5.74, 6) is 0. The van der Waals surface area contributed by atoms with Crippen LogP contribution in [0.5, 0.6) is 0 Å². The van der Waals surface area contributed by atoms with Gasteiger partial charge in [0.1, 0.15) is 0 Å². The van der Waals surface area contributed by atoms with E-state index >= 15 is 0 Å². The van der Waals surface area contributed by atoms with Crippen LogP contribution in [0.1, 0.15) is 46.0 Å². The highest BCUT2D eigenvalue weighted by Gasteiger charge is 2.42. The number of hydrogen-bond acceptors (Lipinski definition) is 2. The van der Waals surface area contributed by atoms with Crippen molar-refractivity contribution in [3.63, 3.8) is 0 Å². The van der Waals surface area contributed by atoms with Crippen molar-refractivity contribution < 1.29 is 4.74 Å². The monoisotopic (exact) mass is 197 g/mol. The first-order valence-corrected chi connectivity index (χ1v) is 6.03. The Balaban J connectivity index is 2.04. The van der Waals surface area contributed by atoms with Crippen LogP contribution < -0.4 is 5.32 Å². The molecule has 2 heterocycles. The van der Waals surface area contributed by atoms with E-state index < -0.39 is 0 Å². The SMILES string of the molecule is CCC1(C)CC2(CCCNC2)CCO1. The van der Waals surface area contributed by atoms with Crippen LogP contribution in [0.3, 0.4) is 0 Å². The first-order chi connectivity index (χ1) is 6.68. The van der Waals surface area contributed by atoms with Crippen LogP contribution >= 0.6 is 0 Å². The van der Waals surface area contributed by atoms with E-state index in [1.165, 1.54) is 38.8 Å². The van der Waals surface area contributed by atoms with Gasteiger partial charge in [-0.05, 0) is 51.0 Å². The van der Waals surface area contributed by atoms with Crippen LogP contribution in [0.25, 0.3) is 0 Å². The van der Waals surface area contributed by atoms with Crippen molar-refractivity contribution in [3.8, 4) is 0 Å². The van der Waals surface area contributed by atoms with E-state index in [0.29, 0.717) is 5.41 Å². The van der Waals surface area contributed by atoms with E-state index in [0.717, 1.165) is 13.0 Å². The van der Waals surface area contributed by atoms with Crippen LogP contribution in [0.2, 0.25) is 0 Å². The molecule has 2 unspecified atom stereocenters. The molecular weight excluding hydrogens is 174 g/mol. The maximum atomic E-state index is 5.91. The van der Waals surface area contributed by atoms with Crippen molar-refractivity contribution >= 4 is 0 Å². The fourth-order valence-corrected chi connectivity index (χ4v) is 3.07. The van der Waals surface area contributed by atoms with E-state index in [2.05, 4.69) is 19.2 Å². The molecule has 2 aliphatic rings. The second-order valence-electron chi connectivity index (χ2n) is 5.36. The third-order valence-electron chi connectivity index (χ3n) is 4.14. The highest BCUT2D eigenvalue weighted by Crippen LogP contribution is 2.44. The third-order valence-corrected chi connectivity index (χ3v) is 4.14. The first-order valence-electron chi connectivity index (χ1n) is 6.03. The van der Waals surface area contributed by atoms with Crippen LogP contribution in [0, 0.1) is 5.41 Å². The molecule has 1 spiro atoms. The average Bonchev–Trinajstić information content (AvgIpc) is 2.19. The zero-order valence-corrected chi connectivity index (χ0v) is 9.57. The smallest absolute Gasteiger partial charge is 0.0657 e. The van der Waals surface area contributed by atoms with E-state index in [4.69, 9.17) is 4.74 Å². The second-order valence-corrected chi connectivity index (χ2v) is 5.36. The summed E-state index contributed by atoms with van der Waals surface area (Å²) in [6.07, 6.45) is 6.41.